The summed E-state index contributed by atoms with van der Waals surface area (Å²) < 4.78 is 0. The fraction of sp³-hybridized carbons (Fsp3) is 0.571. The standard InChI is InChI=1S/C7H10N2O4/c8-6(10)7(11)3-1-2-5(7)4-9(12)13/h1-2,5,11H,3-4H2,(H2,8,10)/t5-,7-/m1/s1. The minimum atomic E-state index is -1.77. The average Bonchev–Trinajstić information content (AvgIpc) is 2.33. The second kappa shape index (κ2) is 3.14. The number of nitrogens with zero attached hydrogens (tertiary/aromatic N) is 1. The molecular weight excluding hydrogens is 176 g/mol. The highest BCUT2D eigenvalue weighted by Gasteiger charge is 2.45. The number of amides is 1. The largest absolute Gasteiger partial charge is 0.379 e. The third kappa shape index (κ3) is 1.67. The van der Waals surface area contributed by atoms with Crippen LogP contribution in [0.1, 0.15) is 6.42 Å². The van der Waals surface area contributed by atoms with Gasteiger partial charge in [0.1, 0.15) is 0 Å². The van der Waals surface area contributed by atoms with E-state index >= 15 is 0 Å². The molecule has 0 bridgehead atoms. The molecule has 0 unspecified atom stereocenters. The molecule has 6 heteroatoms. The highest BCUT2D eigenvalue weighted by atomic mass is 16.6. The van der Waals surface area contributed by atoms with E-state index in [0.29, 0.717) is 0 Å². The van der Waals surface area contributed by atoms with Gasteiger partial charge in [0.15, 0.2) is 5.60 Å². The number of hydrogen-bond acceptors (Lipinski definition) is 4. The van der Waals surface area contributed by atoms with Gasteiger partial charge < -0.3 is 10.8 Å². The van der Waals surface area contributed by atoms with Crippen LogP contribution in [0.3, 0.4) is 0 Å². The predicted octanol–water partition coefficient (Wildman–Crippen LogP) is -0.944. The molecule has 0 aromatic heterocycles. The fourth-order valence-corrected chi connectivity index (χ4v) is 1.38. The van der Waals surface area contributed by atoms with Crippen molar-refractivity contribution in [2.45, 2.75) is 12.0 Å². The predicted molar refractivity (Wildman–Crippen MR) is 43.3 cm³/mol. The zero-order chi connectivity index (χ0) is 10.1. The summed E-state index contributed by atoms with van der Waals surface area (Å²) in [5.74, 6) is -1.72. The van der Waals surface area contributed by atoms with Gasteiger partial charge in [-0.15, -0.1) is 0 Å². The Kier molecular flexibility index (Phi) is 2.33. The molecule has 0 aliphatic heterocycles. The number of rotatable bonds is 3. The van der Waals surface area contributed by atoms with E-state index in [2.05, 4.69) is 0 Å². The van der Waals surface area contributed by atoms with Gasteiger partial charge in [-0.3, -0.25) is 14.9 Å². The molecule has 0 heterocycles. The Hall–Kier alpha value is -1.43. The van der Waals surface area contributed by atoms with Gasteiger partial charge in [-0.05, 0) is 0 Å². The lowest BCUT2D eigenvalue weighted by Crippen LogP contribution is -2.49. The van der Waals surface area contributed by atoms with E-state index in [-0.39, 0.29) is 6.42 Å². The minimum Gasteiger partial charge on any atom is -0.379 e. The Bertz CT molecular complexity index is 276. The molecule has 1 rings (SSSR count). The van der Waals surface area contributed by atoms with Crippen LogP contribution in [-0.4, -0.2) is 28.1 Å². The molecular formula is C7H10N2O4. The van der Waals surface area contributed by atoms with Gasteiger partial charge in [0.05, 0.1) is 5.92 Å². The molecule has 0 fully saturated rings. The van der Waals surface area contributed by atoms with E-state index < -0.39 is 28.9 Å². The molecule has 0 aromatic carbocycles. The molecule has 72 valence electrons. The zero-order valence-electron chi connectivity index (χ0n) is 6.84. The lowest BCUT2D eigenvalue weighted by atomic mass is 9.89. The Morgan fingerprint density at radius 3 is 2.92 bits per heavy atom. The van der Waals surface area contributed by atoms with Gasteiger partial charge in [0.2, 0.25) is 6.54 Å². The molecule has 6 nitrogen and oxygen atoms in total. The van der Waals surface area contributed by atoms with E-state index in [0.717, 1.165) is 0 Å². The first kappa shape index (κ1) is 9.66. The van der Waals surface area contributed by atoms with Gasteiger partial charge >= 0.3 is 0 Å². The maximum atomic E-state index is 10.8. The fourth-order valence-electron chi connectivity index (χ4n) is 1.38. The van der Waals surface area contributed by atoms with E-state index in [9.17, 15) is 20.0 Å². The third-order valence-electron chi connectivity index (χ3n) is 2.18. The number of nitro groups is 1. The van der Waals surface area contributed by atoms with Crippen LogP contribution < -0.4 is 5.73 Å². The summed E-state index contributed by atoms with van der Waals surface area (Å²) in [5, 5.41) is 19.8. The van der Waals surface area contributed by atoms with Crippen LogP contribution in [0.25, 0.3) is 0 Å². The smallest absolute Gasteiger partial charge is 0.250 e. The molecule has 2 atom stereocenters. The van der Waals surface area contributed by atoms with Crippen molar-refractivity contribution >= 4 is 5.91 Å². The van der Waals surface area contributed by atoms with Crippen LogP contribution in [0.2, 0.25) is 0 Å². The second-order valence-corrected chi connectivity index (χ2v) is 3.04. The molecule has 1 aliphatic rings. The van der Waals surface area contributed by atoms with Crippen molar-refractivity contribution in [3.8, 4) is 0 Å². The number of aliphatic hydroxyl groups is 1. The van der Waals surface area contributed by atoms with E-state index in [1.807, 2.05) is 0 Å². The van der Waals surface area contributed by atoms with Crippen LogP contribution in [0, 0.1) is 16.0 Å². The monoisotopic (exact) mass is 186 g/mol. The number of hydrogen-bond donors (Lipinski definition) is 2. The molecule has 0 radical (unpaired) electrons. The Labute approximate surface area is 74.2 Å². The first-order valence-electron chi connectivity index (χ1n) is 3.77. The van der Waals surface area contributed by atoms with Crippen molar-refractivity contribution in [1.82, 2.24) is 0 Å². The Morgan fingerprint density at radius 1 is 1.85 bits per heavy atom. The van der Waals surface area contributed by atoms with E-state index in [1.54, 1.807) is 0 Å². The quantitative estimate of drug-likeness (QED) is 0.337. The molecule has 0 aromatic rings. The van der Waals surface area contributed by atoms with Crippen molar-refractivity contribution in [3.63, 3.8) is 0 Å². The van der Waals surface area contributed by atoms with Crippen LogP contribution in [0.5, 0.6) is 0 Å². The van der Waals surface area contributed by atoms with E-state index in [1.165, 1.54) is 12.2 Å². The van der Waals surface area contributed by atoms with Crippen LogP contribution >= 0.6 is 0 Å². The first-order valence-corrected chi connectivity index (χ1v) is 3.77. The summed E-state index contributed by atoms with van der Waals surface area (Å²) in [4.78, 5) is 20.4. The van der Waals surface area contributed by atoms with Crippen LogP contribution in [-0.2, 0) is 4.79 Å². The van der Waals surface area contributed by atoms with E-state index in [4.69, 9.17) is 5.73 Å². The highest BCUT2D eigenvalue weighted by Crippen LogP contribution is 2.29. The topological polar surface area (TPSA) is 106 Å². The number of carbonyl (C=O) groups is 1. The molecule has 0 saturated heterocycles. The molecule has 3 N–H and O–H groups in total. The van der Waals surface area contributed by atoms with Crippen LogP contribution in [0.4, 0.5) is 0 Å². The Balaban J connectivity index is 2.78. The summed E-state index contributed by atoms with van der Waals surface area (Å²) in [6.07, 6.45) is 3.04. The minimum absolute atomic E-state index is 0.0564. The number of nitrogens with two attached hydrogens (primary N) is 1. The van der Waals surface area contributed by atoms with Crippen molar-refractivity contribution in [3.05, 3.63) is 22.3 Å². The van der Waals surface area contributed by atoms with Gasteiger partial charge in [0.25, 0.3) is 5.91 Å². The summed E-state index contributed by atoms with van der Waals surface area (Å²) in [5.41, 5.74) is 3.18. The number of primary amides is 1. The lowest BCUT2D eigenvalue weighted by Gasteiger charge is -2.23. The second-order valence-electron chi connectivity index (χ2n) is 3.04. The molecule has 1 amide bonds. The van der Waals surface area contributed by atoms with Crippen molar-refractivity contribution in [2.24, 2.45) is 11.7 Å². The molecule has 13 heavy (non-hydrogen) atoms. The molecule has 1 aliphatic carbocycles. The highest BCUT2D eigenvalue weighted by molar-refractivity contribution is 5.84. The maximum Gasteiger partial charge on any atom is 0.250 e. The number of carbonyl (C=O) groups excluding carboxylic acids is 1. The average molecular weight is 186 g/mol. The zero-order valence-corrected chi connectivity index (χ0v) is 6.84. The summed E-state index contributed by atoms with van der Waals surface area (Å²) in [7, 11) is 0. The van der Waals surface area contributed by atoms with Crippen molar-refractivity contribution in [1.29, 1.82) is 0 Å². The van der Waals surface area contributed by atoms with Gasteiger partial charge in [-0.2, -0.15) is 0 Å². The third-order valence-corrected chi connectivity index (χ3v) is 2.18. The summed E-state index contributed by atoms with van der Waals surface area (Å²) in [6.45, 7) is -0.476. The summed E-state index contributed by atoms with van der Waals surface area (Å²) in [6, 6.07) is 0. The lowest BCUT2D eigenvalue weighted by molar-refractivity contribution is -0.489. The SMILES string of the molecule is NC(=O)[C@@]1(O)CC=C[C@@H]1C[N+](=O)[O-]. The maximum absolute atomic E-state index is 10.8. The summed E-state index contributed by atoms with van der Waals surface area (Å²) >= 11 is 0. The normalized spacial score (nSPS) is 31.9. The molecule has 0 saturated carbocycles. The van der Waals surface area contributed by atoms with Crippen LogP contribution in [0.15, 0.2) is 12.2 Å². The van der Waals surface area contributed by atoms with Crippen molar-refractivity contribution < 1.29 is 14.8 Å². The Morgan fingerprint density at radius 2 is 2.46 bits per heavy atom. The van der Waals surface area contributed by atoms with Gasteiger partial charge in [-0.1, -0.05) is 12.2 Å². The first-order chi connectivity index (χ1) is 5.97. The van der Waals surface area contributed by atoms with Gasteiger partial charge in [0, 0.05) is 11.3 Å². The van der Waals surface area contributed by atoms with Crippen molar-refractivity contribution in [2.75, 3.05) is 6.54 Å². The van der Waals surface area contributed by atoms with Gasteiger partial charge in [-0.25, -0.2) is 0 Å². The molecule has 0 spiro atoms.